The molecule has 37 heavy (non-hydrogen) atoms. The Kier molecular flexibility index (Phi) is 3.87. The van der Waals surface area contributed by atoms with Crippen molar-refractivity contribution in [1.82, 2.24) is 14.5 Å². The van der Waals surface area contributed by atoms with Gasteiger partial charge in [-0.1, -0.05) is 72.4 Å². The second kappa shape index (κ2) is 7.19. The average Bonchev–Trinajstić information content (AvgIpc) is 3.46. The summed E-state index contributed by atoms with van der Waals surface area (Å²) in [6, 6.07) is 36.9. The van der Waals surface area contributed by atoms with E-state index in [2.05, 4.69) is 108 Å². The molecular weight excluding hydrogens is 491 g/mol. The summed E-state index contributed by atoms with van der Waals surface area (Å²) in [5, 5.41) is 6.21. The zero-order chi connectivity index (χ0) is 24.1. The smallest absolute Gasteiger partial charge is 0.235 e. The van der Waals surface area contributed by atoms with Gasteiger partial charge in [-0.15, -0.1) is 11.3 Å². The standard InChI is InChI=1S/C32H17N3S2/c1-4-12-24-18(8-1)21-16-22-19-9-2-5-13-26(19)37-29(22)17-25(21)35(24)32-33-23-11-7-15-28-30(23)31(34-32)20-10-3-6-14-27(20)36-28/h1-17H. The van der Waals surface area contributed by atoms with Crippen molar-refractivity contribution in [3.63, 3.8) is 0 Å². The highest BCUT2D eigenvalue weighted by molar-refractivity contribution is 7.99. The third-order valence-electron chi connectivity index (χ3n) is 7.41. The van der Waals surface area contributed by atoms with Crippen molar-refractivity contribution in [3.05, 3.63) is 103 Å². The van der Waals surface area contributed by atoms with Crippen LogP contribution in [0.4, 0.5) is 0 Å². The summed E-state index contributed by atoms with van der Waals surface area (Å²) in [7, 11) is 0. The molecule has 9 rings (SSSR count). The third kappa shape index (κ3) is 2.67. The molecule has 5 aromatic carbocycles. The molecule has 0 fully saturated rings. The molecule has 0 saturated heterocycles. The maximum Gasteiger partial charge on any atom is 0.235 e. The molecule has 0 atom stereocenters. The Morgan fingerprint density at radius 2 is 1.38 bits per heavy atom. The largest absolute Gasteiger partial charge is 0.278 e. The van der Waals surface area contributed by atoms with Crippen molar-refractivity contribution < 1.29 is 0 Å². The van der Waals surface area contributed by atoms with E-state index in [9.17, 15) is 0 Å². The van der Waals surface area contributed by atoms with E-state index in [1.54, 1.807) is 11.8 Å². The lowest BCUT2D eigenvalue weighted by Crippen LogP contribution is -2.05. The zero-order valence-electron chi connectivity index (χ0n) is 19.5. The van der Waals surface area contributed by atoms with Gasteiger partial charge in [0.2, 0.25) is 5.95 Å². The van der Waals surface area contributed by atoms with Gasteiger partial charge in [-0.2, -0.15) is 0 Å². The van der Waals surface area contributed by atoms with Gasteiger partial charge in [0.15, 0.2) is 0 Å². The summed E-state index contributed by atoms with van der Waals surface area (Å²) >= 11 is 3.65. The van der Waals surface area contributed by atoms with Crippen molar-refractivity contribution in [2.75, 3.05) is 0 Å². The molecule has 0 unspecified atom stereocenters. The Balaban J connectivity index is 1.43. The molecule has 0 radical (unpaired) electrons. The maximum absolute atomic E-state index is 5.28. The summed E-state index contributed by atoms with van der Waals surface area (Å²) in [5.74, 6) is 0.716. The minimum Gasteiger partial charge on any atom is -0.278 e. The van der Waals surface area contributed by atoms with Gasteiger partial charge in [-0.3, -0.25) is 4.57 Å². The molecule has 0 aliphatic carbocycles. The fourth-order valence-electron chi connectivity index (χ4n) is 5.79. The van der Waals surface area contributed by atoms with Crippen LogP contribution in [0.15, 0.2) is 113 Å². The molecule has 3 aromatic heterocycles. The Morgan fingerprint density at radius 1 is 0.568 bits per heavy atom. The molecule has 3 nitrogen and oxygen atoms in total. The number of hydrogen-bond donors (Lipinski definition) is 0. The molecule has 8 aromatic rings. The number of hydrogen-bond acceptors (Lipinski definition) is 4. The van der Waals surface area contributed by atoms with Crippen LogP contribution in [0.1, 0.15) is 0 Å². The van der Waals surface area contributed by atoms with E-state index in [0.29, 0.717) is 5.95 Å². The topological polar surface area (TPSA) is 30.7 Å². The van der Waals surface area contributed by atoms with Crippen molar-refractivity contribution in [3.8, 4) is 17.2 Å². The molecule has 0 N–H and O–H groups in total. The predicted octanol–water partition coefficient (Wildman–Crippen LogP) is 9.23. The van der Waals surface area contributed by atoms with Gasteiger partial charge in [0.05, 0.1) is 22.2 Å². The number of aromatic nitrogens is 3. The molecule has 5 heteroatoms. The third-order valence-corrected chi connectivity index (χ3v) is 9.68. The van der Waals surface area contributed by atoms with E-state index in [0.717, 1.165) is 27.6 Å². The maximum atomic E-state index is 5.28. The number of nitrogens with zero attached hydrogens (tertiary/aromatic N) is 3. The van der Waals surface area contributed by atoms with Crippen LogP contribution < -0.4 is 0 Å². The van der Waals surface area contributed by atoms with E-state index >= 15 is 0 Å². The normalized spacial score (nSPS) is 12.8. The molecule has 1 aliphatic heterocycles. The van der Waals surface area contributed by atoms with Crippen LogP contribution in [0.25, 0.3) is 70.1 Å². The van der Waals surface area contributed by atoms with E-state index in [1.807, 2.05) is 11.3 Å². The summed E-state index contributed by atoms with van der Waals surface area (Å²) in [6.07, 6.45) is 0. The van der Waals surface area contributed by atoms with Crippen molar-refractivity contribution >= 4 is 76.0 Å². The van der Waals surface area contributed by atoms with Crippen molar-refractivity contribution in [2.45, 2.75) is 9.79 Å². The number of thiophene rings is 1. The number of para-hydroxylation sites is 1. The molecule has 4 heterocycles. The summed E-state index contributed by atoms with van der Waals surface area (Å²) in [5.41, 5.74) is 5.43. The van der Waals surface area contributed by atoms with Gasteiger partial charge in [-0.05, 0) is 42.5 Å². The first kappa shape index (κ1) is 19.9. The highest BCUT2D eigenvalue weighted by Crippen LogP contribution is 2.47. The fraction of sp³-hybridized carbons (Fsp3) is 0. The Labute approximate surface area is 220 Å². The van der Waals surface area contributed by atoms with Gasteiger partial charge < -0.3 is 0 Å². The average molecular weight is 508 g/mol. The van der Waals surface area contributed by atoms with E-state index in [-0.39, 0.29) is 0 Å². The van der Waals surface area contributed by atoms with Crippen LogP contribution in [-0.4, -0.2) is 14.5 Å². The van der Waals surface area contributed by atoms with E-state index < -0.39 is 0 Å². The van der Waals surface area contributed by atoms with Crippen LogP contribution in [0.5, 0.6) is 0 Å². The first-order chi connectivity index (χ1) is 18.3. The second-order valence-electron chi connectivity index (χ2n) is 9.44. The van der Waals surface area contributed by atoms with Crippen molar-refractivity contribution in [1.29, 1.82) is 0 Å². The Bertz CT molecular complexity index is 2240. The van der Waals surface area contributed by atoms with E-state index in [1.165, 1.54) is 46.3 Å². The molecular formula is C32H17N3S2. The van der Waals surface area contributed by atoms with Gasteiger partial charge in [-0.25, -0.2) is 9.97 Å². The number of benzene rings is 5. The second-order valence-corrected chi connectivity index (χ2v) is 11.6. The lowest BCUT2D eigenvalue weighted by Gasteiger charge is -2.20. The minimum absolute atomic E-state index is 0.716. The van der Waals surface area contributed by atoms with Crippen LogP contribution in [0, 0.1) is 0 Å². The highest BCUT2D eigenvalue weighted by Gasteiger charge is 2.24. The molecule has 0 bridgehead atoms. The van der Waals surface area contributed by atoms with Gasteiger partial charge in [0.1, 0.15) is 0 Å². The van der Waals surface area contributed by atoms with Crippen LogP contribution in [0.3, 0.4) is 0 Å². The monoisotopic (exact) mass is 507 g/mol. The quantitative estimate of drug-likeness (QED) is 0.222. The highest BCUT2D eigenvalue weighted by atomic mass is 32.2. The number of fused-ring (bicyclic) bond motifs is 8. The summed E-state index contributed by atoms with van der Waals surface area (Å²) in [6.45, 7) is 0. The van der Waals surface area contributed by atoms with Crippen LogP contribution >= 0.6 is 23.1 Å². The Morgan fingerprint density at radius 3 is 2.35 bits per heavy atom. The van der Waals surface area contributed by atoms with Crippen LogP contribution in [-0.2, 0) is 0 Å². The molecule has 0 saturated carbocycles. The molecule has 172 valence electrons. The van der Waals surface area contributed by atoms with Gasteiger partial charge in [0, 0.05) is 51.7 Å². The molecule has 1 aliphatic rings. The zero-order valence-corrected chi connectivity index (χ0v) is 21.1. The molecule has 0 amide bonds. The number of rotatable bonds is 1. The SMILES string of the molecule is c1ccc2c(c1)Sc1cccc3nc(-n4c5ccccc5c5cc6c(cc54)sc4ccccc46)nc-2c13. The lowest BCUT2D eigenvalue weighted by atomic mass is 10.1. The predicted molar refractivity (Wildman–Crippen MR) is 156 cm³/mol. The Hall–Kier alpha value is -4.19. The van der Waals surface area contributed by atoms with Crippen LogP contribution in [0.2, 0.25) is 0 Å². The fourth-order valence-corrected chi connectivity index (χ4v) is 8.02. The van der Waals surface area contributed by atoms with Gasteiger partial charge >= 0.3 is 0 Å². The first-order valence-electron chi connectivity index (χ1n) is 12.3. The summed E-state index contributed by atoms with van der Waals surface area (Å²) < 4.78 is 4.85. The van der Waals surface area contributed by atoms with E-state index in [4.69, 9.17) is 9.97 Å². The first-order valence-corrected chi connectivity index (χ1v) is 13.9. The van der Waals surface area contributed by atoms with Crippen molar-refractivity contribution in [2.24, 2.45) is 0 Å². The lowest BCUT2D eigenvalue weighted by molar-refractivity contribution is 1.01. The van der Waals surface area contributed by atoms with Gasteiger partial charge in [0.25, 0.3) is 0 Å². The minimum atomic E-state index is 0.716. The molecule has 0 spiro atoms. The summed E-state index contributed by atoms with van der Waals surface area (Å²) in [4.78, 5) is 12.9.